The van der Waals surface area contributed by atoms with Crippen LogP contribution in [0.25, 0.3) is 0 Å². The number of aromatic nitrogens is 2. The van der Waals surface area contributed by atoms with E-state index < -0.39 is 0 Å². The smallest absolute Gasteiger partial charge is 0.264 e. The van der Waals surface area contributed by atoms with E-state index in [9.17, 15) is 4.79 Å². The van der Waals surface area contributed by atoms with E-state index in [0.29, 0.717) is 22.5 Å². The summed E-state index contributed by atoms with van der Waals surface area (Å²) in [5, 5.41) is 11.5. The first kappa shape index (κ1) is 14.9. The third-order valence-corrected chi connectivity index (χ3v) is 3.64. The number of rotatable bonds is 6. The molecule has 0 atom stereocenters. The number of nitrogens with zero attached hydrogens (tertiary/aromatic N) is 2. The van der Waals surface area contributed by atoms with E-state index in [1.165, 1.54) is 11.3 Å². The summed E-state index contributed by atoms with van der Waals surface area (Å²) < 4.78 is 11.1. The fraction of sp³-hybridized carbons (Fsp3) is 0.250. The first-order chi connectivity index (χ1) is 9.69. The average molecular weight is 358 g/mol. The molecular weight excluding hydrogens is 346 g/mol. The zero-order valence-electron chi connectivity index (χ0n) is 10.6. The van der Waals surface area contributed by atoms with Crippen molar-refractivity contribution in [2.24, 2.45) is 0 Å². The first-order valence-electron chi connectivity index (χ1n) is 5.67. The predicted molar refractivity (Wildman–Crippen MR) is 78.9 cm³/mol. The Morgan fingerprint density at radius 3 is 2.95 bits per heavy atom. The summed E-state index contributed by atoms with van der Waals surface area (Å²) in [6, 6.07) is 7.32. The number of methoxy groups -OCH3 is 1. The van der Waals surface area contributed by atoms with Gasteiger partial charge in [-0.05, 0) is 28.1 Å². The molecule has 0 fully saturated rings. The fourth-order valence-electron chi connectivity index (χ4n) is 1.35. The Bertz CT molecular complexity index is 591. The molecule has 1 amide bonds. The van der Waals surface area contributed by atoms with Gasteiger partial charge in [0.1, 0.15) is 17.4 Å². The van der Waals surface area contributed by atoms with Gasteiger partial charge < -0.3 is 9.47 Å². The van der Waals surface area contributed by atoms with E-state index in [2.05, 4.69) is 31.4 Å². The maximum absolute atomic E-state index is 11.7. The predicted octanol–water partition coefficient (Wildman–Crippen LogP) is 2.46. The van der Waals surface area contributed by atoms with Crippen molar-refractivity contribution < 1.29 is 14.3 Å². The highest BCUT2D eigenvalue weighted by atomic mass is 79.9. The molecule has 106 valence electrons. The number of carbonyl (C=O) groups excluding carboxylic acids is 1. The van der Waals surface area contributed by atoms with E-state index in [-0.39, 0.29) is 12.5 Å². The van der Waals surface area contributed by atoms with E-state index in [0.717, 1.165) is 4.47 Å². The first-order valence-corrected chi connectivity index (χ1v) is 7.28. The highest BCUT2D eigenvalue weighted by Crippen LogP contribution is 2.23. The van der Waals surface area contributed by atoms with E-state index in [1.807, 2.05) is 18.2 Å². The second kappa shape index (κ2) is 7.32. The van der Waals surface area contributed by atoms with Gasteiger partial charge in [-0.15, -0.1) is 10.2 Å². The van der Waals surface area contributed by atoms with Gasteiger partial charge in [-0.1, -0.05) is 23.5 Å². The van der Waals surface area contributed by atoms with Crippen LogP contribution in [0.3, 0.4) is 0 Å². The normalized spacial score (nSPS) is 10.3. The molecule has 1 aromatic carbocycles. The number of amides is 1. The van der Waals surface area contributed by atoms with Gasteiger partial charge in [0.15, 0.2) is 6.61 Å². The third kappa shape index (κ3) is 4.26. The summed E-state index contributed by atoms with van der Waals surface area (Å²) in [7, 11) is 1.57. The molecule has 0 aliphatic rings. The summed E-state index contributed by atoms with van der Waals surface area (Å²) >= 11 is 4.61. The van der Waals surface area contributed by atoms with Crippen LogP contribution in [-0.4, -0.2) is 29.8 Å². The SMILES string of the molecule is COCc1nnc(NC(=O)COc2ccccc2Br)s1. The van der Waals surface area contributed by atoms with Gasteiger partial charge >= 0.3 is 0 Å². The van der Waals surface area contributed by atoms with Crippen molar-refractivity contribution >= 4 is 38.3 Å². The number of para-hydroxylation sites is 1. The van der Waals surface area contributed by atoms with Gasteiger partial charge in [0.2, 0.25) is 5.13 Å². The van der Waals surface area contributed by atoms with Crippen molar-refractivity contribution in [3.8, 4) is 5.75 Å². The zero-order chi connectivity index (χ0) is 14.4. The Kier molecular flexibility index (Phi) is 5.45. The molecule has 0 saturated carbocycles. The number of hydrogen-bond acceptors (Lipinski definition) is 6. The van der Waals surface area contributed by atoms with Gasteiger partial charge in [-0.2, -0.15) is 0 Å². The van der Waals surface area contributed by atoms with Crippen molar-refractivity contribution in [2.75, 3.05) is 19.0 Å². The molecule has 1 heterocycles. The molecule has 0 saturated heterocycles. The van der Waals surface area contributed by atoms with Crippen LogP contribution in [-0.2, 0) is 16.1 Å². The van der Waals surface area contributed by atoms with Gasteiger partial charge in [0, 0.05) is 7.11 Å². The van der Waals surface area contributed by atoms with Crippen LogP contribution in [0.5, 0.6) is 5.75 Å². The number of halogens is 1. The average Bonchev–Trinajstić information content (AvgIpc) is 2.85. The number of anilines is 1. The minimum atomic E-state index is -0.291. The molecular formula is C12H12BrN3O3S. The van der Waals surface area contributed by atoms with Crippen molar-refractivity contribution in [3.63, 3.8) is 0 Å². The molecule has 0 aliphatic heterocycles. The molecule has 0 spiro atoms. The minimum absolute atomic E-state index is 0.0954. The topological polar surface area (TPSA) is 73.3 Å². The molecule has 0 aliphatic carbocycles. The molecule has 20 heavy (non-hydrogen) atoms. The van der Waals surface area contributed by atoms with Gasteiger partial charge in [-0.3, -0.25) is 10.1 Å². The van der Waals surface area contributed by atoms with E-state index >= 15 is 0 Å². The lowest BCUT2D eigenvalue weighted by Crippen LogP contribution is -2.20. The lowest BCUT2D eigenvalue weighted by Gasteiger charge is -2.06. The monoisotopic (exact) mass is 357 g/mol. The van der Waals surface area contributed by atoms with Crippen LogP contribution >= 0.6 is 27.3 Å². The van der Waals surface area contributed by atoms with Crippen molar-refractivity contribution in [2.45, 2.75) is 6.61 Å². The van der Waals surface area contributed by atoms with Crippen molar-refractivity contribution in [1.29, 1.82) is 0 Å². The highest BCUT2D eigenvalue weighted by molar-refractivity contribution is 9.10. The second-order valence-electron chi connectivity index (χ2n) is 3.70. The Hall–Kier alpha value is -1.51. The highest BCUT2D eigenvalue weighted by Gasteiger charge is 2.09. The summed E-state index contributed by atoms with van der Waals surface area (Å²) in [5.41, 5.74) is 0. The number of carbonyl (C=O) groups is 1. The summed E-state index contributed by atoms with van der Waals surface area (Å²) in [5.74, 6) is 0.320. The molecule has 2 aromatic rings. The van der Waals surface area contributed by atoms with E-state index in [4.69, 9.17) is 9.47 Å². The summed E-state index contributed by atoms with van der Waals surface area (Å²) in [4.78, 5) is 11.7. The molecule has 8 heteroatoms. The quantitative estimate of drug-likeness (QED) is 0.859. The minimum Gasteiger partial charge on any atom is -0.483 e. The third-order valence-electron chi connectivity index (χ3n) is 2.18. The number of benzene rings is 1. The number of ether oxygens (including phenoxy) is 2. The Labute approximate surface area is 128 Å². The van der Waals surface area contributed by atoms with Crippen LogP contribution in [0, 0.1) is 0 Å². The molecule has 0 bridgehead atoms. The largest absolute Gasteiger partial charge is 0.483 e. The molecule has 6 nitrogen and oxygen atoms in total. The maximum atomic E-state index is 11.7. The number of nitrogens with one attached hydrogen (secondary N) is 1. The standard InChI is InChI=1S/C12H12BrN3O3S/c1-18-7-11-15-16-12(20-11)14-10(17)6-19-9-5-3-2-4-8(9)13/h2-5H,6-7H2,1H3,(H,14,16,17). The van der Waals surface area contributed by atoms with Crippen LogP contribution < -0.4 is 10.1 Å². The van der Waals surface area contributed by atoms with Crippen molar-refractivity contribution in [1.82, 2.24) is 10.2 Å². The van der Waals surface area contributed by atoms with Gasteiger partial charge in [0.25, 0.3) is 5.91 Å². The van der Waals surface area contributed by atoms with Gasteiger partial charge in [-0.25, -0.2) is 0 Å². The molecule has 1 N–H and O–H groups in total. The lowest BCUT2D eigenvalue weighted by molar-refractivity contribution is -0.118. The van der Waals surface area contributed by atoms with Crippen LogP contribution in [0.2, 0.25) is 0 Å². The van der Waals surface area contributed by atoms with Gasteiger partial charge in [0.05, 0.1) is 4.47 Å². The Morgan fingerprint density at radius 1 is 1.40 bits per heavy atom. The van der Waals surface area contributed by atoms with Crippen molar-refractivity contribution in [3.05, 3.63) is 33.7 Å². The van der Waals surface area contributed by atoms with Crippen LogP contribution in [0.4, 0.5) is 5.13 Å². The summed E-state index contributed by atoms with van der Waals surface area (Å²) in [6.07, 6.45) is 0. The maximum Gasteiger partial charge on any atom is 0.264 e. The number of hydrogen-bond donors (Lipinski definition) is 1. The molecule has 0 radical (unpaired) electrons. The van der Waals surface area contributed by atoms with Crippen LogP contribution in [0.1, 0.15) is 5.01 Å². The molecule has 0 unspecified atom stereocenters. The summed E-state index contributed by atoms with van der Waals surface area (Å²) in [6.45, 7) is 0.281. The lowest BCUT2D eigenvalue weighted by atomic mass is 10.3. The second-order valence-corrected chi connectivity index (χ2v) is 5.62. The Balaban J connectivity index is 1.84. The fourth-order valence-corrected chi connectivity index (χ4v) is 2.47. The van der Waals surface area contributed by atoms with E-state index in [1.54, 1.807) is 13.2 Å². The Morgan fingerprint density at radius 2 is 2.20 bits per heavy atom. The molecule has 1 aromatic heterocycles. The molecule has 2 rings (SSSR count). The zero-order valence-corrected chi connectivity index (χ0v) is 13.0. The van der Waals surface area contributed by atoms with Crippen LogP contribution in [0.15, 0.2) is 28.7 Å².